The lowest BCUT2D eigenvalue weighted by Crippen LogP contribution is -2.36. The predicted octanol–water partition coefficient (Wildman–Crippen LogP) is 3.23. The molecule has 1 saturated heterocycles. The first-order chi connectivity index (χ1) is 9.27. The minimum atomic E-state index is -0.385. The molecule has 0 aromatic heterocycles. The summed E-state index contributed by atoms with van der Waals surface area (Å²) >= 11 is 0. The van der Waals surface area contributed by atoms with E-state index in [1.165, 1.54) is 0 Å². The first-order valence-corrected chi connectivity index (χ1v) is 6.77. The highest BCUT2D eigenvalue weighted by Crippen LogP contribution is 2.40. The fourth-order valence-electron chi connectivity index (χ4n) is 2.70. The van der Waals surface area contributed by atoms with Crippen LogP contribution in [0.5, 0.6) is 11.5 Å². The highest BCUT2D eigenvalue weighted by Gasteiger charge is 2.47. The van der Waals surface area contributed by atoms with Crippen molar-refractivity contribution in [3.63, 3.8) is 0 Å². The number of carbonyl (C=O) groups is 1. The summed E-state index contributed by atoms with van der Waals surface area (Å²) in [6.07, 6.45) is 1.47. The van der Waals surface area contributed by atoms with Gasteiger partial charge < -0.3 is 14.2 Å². The average Bonchev–Trinajstić information content (AvgIpc) is 2.57. The Balaban J connectivity index is 2.24. The van der Waals surface area contributed by atoms with Crippen LogP contribution in [-0.2, 0) is 4.74 Å². The molecule has 1 aliphatic rings. The van der Waals surface area contributed by atoms with Crippen LogP contribution in [0.3, 0.4) is 0 Å². The number of benzene rings is 1. The van der Waals surface area contributed by atoms with Crippen LogP contribution in [0, 0.1) is 0 Å². The van der Waals surface area contributed by atoms with Crippen LogP contribution in [0.15, 0.2) is 18.2 Å². The molecule has 110 valence electrons. The number of hydrogen-bond acceptors (Lipinski definition) is 4. The summed E-state index contributed by atoms with van der Waals surface area (Å²) in [6.45, 7) is 8.12. The molecule has 1 unspecified atom stereocenters. The SMILES string of the molecule is COc1ccc(OC2CC(C)(C)OC2(C)C)c(C=O)c1. The van der Waals surface area contributed by atoms with Gasteiger partial charge in [-0.15, -0.1) is 0 Å². The van der Waals surface area contributed by atoms with Gasteiger partial charge in [0, 0.05) is 6.42 Å². The van der Waals surface area contributed by atoms with Gasteiger partial charge >= 0.3 is 0 Å². The maximum atomic E-state index is 11.2. The lowest BCUT2D eigenvalue weighted by Gasteiger charge is -2.27. The Kier molecular flexibility index (Phi) is 3.78. The van der Waals surface area contributed by atoms with Gasteiger partial charge in [-0.2, -0.15) is 0 Å². The average molecular weight is 278 g/mol. The van der Waals surface area contributed by atoms with Gasteiger partial charge in [-0.25, -0.2) is 0 Å². The third-order valence-corrected chi connectivity index (χ3v) is 3.60. The molecule has 1 atom stereocenters. The summed E-state index contributed by atoms with van der Waals surface area (Å²) in [5, 5.41) is 0. The van der Waals surface area contributed by atoms with E-state index < -0.39 is 0 Å². The number of aldehydes is 1. The highest BCUT2D eigenvalue weighted by molar-refractivity contribution is 5.80. The lowest BCUT2D eigenvalue weighted by molar-refractivity contribution is -0.0846. The lowest BCUT2D eigenvalue weighted by atomic mass is 9.97. The summed E-state index contributed by atoms with van der Waals surface area (Å²) in [5.74, 6) is 1.21. The zero-order chi connectivity index (χ0) is 15.0. The second kappa shape index (κ2) is 5.09. The van der Waals surface area contributed by atoms with Crippen molar-refractivity contribution in [1.29, 1.82) is 0 Å². The van der Waals surface area contributed by atoms with E-state index in [1.807, 2.05) is 27.7 Å². The van der Waals surface area contributed by atoms with Crippen molar-refractivity contribution in [3.05, 3.63) is 23.8 Å². The Morgan fingerprint density at radius 3 is 2.50 bits per heavy atom. The fraction of sp³-hybridized carbons (Fsp3) is 0.562. The van der Waals surface area contributed by atoms with Gasteiger partial charge in [0.25, 0.3) is 0 Å². The van der Waals surface area contributed by atoms with Gasteiger partial charge in [-0.3, -0.25) is 4.79 Å². The van der Waals surface area contributed by atoms with Crippen molar-refractivity contribution in [2.45, 2.75) is 51.4 Å². The quantitative estimate of drug-likeness (QED) is 0.793. The van der Waals surface area contributed by atoms with E-state index in [2.05, 4.69) is 0 Å². The largest absolute Gasteiger partial charge is 0.497 e. The standard InChI is InChI=1S/C16H22O4/c1-15(2)9-14(16(3,4)20-15)19-13-7-6-12(18-5)8-11(13)10-17/h6-8,10,14H,9H2,1-5H3. The molecule has 0 bridgehead atoms. The van der Waals surface area contributed by atoms with Crippen LogP contribution in [-0.4, -0.2) is 30.7 Å². The van der Waals surface area contributed by atoms with Gasteiger partial charge in [0.2, 0.25) is 0 Å². The van der Waals surface area contributed by atoms with Crippen molar-refractivity contribution in [2.75, 3.05) is 7.11 Å². The Morgan fingerprint density at radius 2 is 2.00 bits per heavy atom. The molecular formula is C16H22O4. The normalized spacial score (nSPS) is 23.4. The molecule has 1 fully saturated rings. The summed E-state index contributed by atoms with van der Waals surface area (Å²) in [7, 11) is 1.57. The molecule has 0 amide bonds. The van der Waals surface area contributed by atoms with Gasteiger partial charge in [0.1, 0.15) is 23.2 Å². The maximum absolute atomic E-state index is 11.2. The van der Waals surface area contributed by atoms with Crippen LogP contribution in [0.1, 0.15) is 44.5 Å². The molecule has 0 radical (unpaired) electrons. The van der Waals surface area contributed by atoms with Crippen LogP contribution >= 0.6 is 0 Å². The van der Waals surface area contributed by atoms with E-state index in [0.717, 1.165) is 12.7 Å². The zero-order valence-corrected chi connectivity index (χ0v) is 12.7. The second-order valence-corrected chi connectivity index (χ2v) is 6.30. The van der Waals surface area contributed by atoms with Gasteiger partial charge in [0.15, 0.2) is 6.29 Å². The van der Waals surface area contributed by atoms with E-state index in [1.54, 1.807) is 25.3 Å². The smallest absolute Gasteiger partial charge is 0.153 e. The Labute approximate surface area is 120 Å². The van der Waals surface area contributed by atoms with Gasteiger partial charge in [-0.05, 0) is 45.9 Å². The van der Waals surface area contributed by atoms with Crippen molar-refractivity contribution in [3.8, 4) is 11.5 Å². The molecule has 0 N–H and O–H groups in total. The molecule has 1 aliphatic heterocycles. The van der Waals surface area contributed by atoms with Crippen molar-refractivity contribution in [2.24, 2.45) is 0 Å². The molecule has 1 aromatic carbocycles. The molecule has 0 aliphatic carbocycles. The summed E-state index contributed by atoms with van der Waals surface area (Å²) in [6, 6.07) is 5.23. The second-order valence-electron chi connectivity index (χ2n) is 6.30. The monoisotopic (exact) mass is 278 g/mol. The minimum Gasteiger partial charge on any atom is -0.497 e. The van der Waals surface area contributed by atoms with Crippen molar-refractivity contribution < 1.29 is 19.0 Å². The van der Waals surface area contributed by atoms with E-state index in [-0.39, 0.29) is 17.3 Å². The molecule has 0 spiro atoms. The molecule has 20 heavy (non-hydrogen) atoms. The molecule has 4 heteroatoms. The number of hydrogen-bond donors (Lipinski definition) is 0. The Hall–Kier alpha value is -1.55. The van der Waals surface area contributed by atoms with E-state index in [0.29, 0.717) is 17.1 Å². The molecule has 1 aromatic rings. The third-order valence-electron chi connectivity index (χ3n) is 3.60. The first-order valence-electron chi connectivity index (χ1n) is 6.77. The molecular weight excluding hydrogens is 256 g/mol. The van der Waals surface area contributed by atoms with Crippen LogP contribution in [0.25, 0.3) is 0 Å². The van der Waals surface area contributed by atoms with Crippen molar-refractivity contribution in [1.82, 2.24) is 0 Å². The third kappa shape index (κ3) is 2.96. The molecule has 0 saturated carbocycles. The number of rotatable bonds is 4. The van der Waals surface area contributed by atoms with Crippen LogP contribution in [0.2, 0.25) is 0 Å². The van der Waals surface area contributed by atoms with Gasteiger partial charge in [-0.1, -0.05) is 0 Å². The zero-order valence-electron chi connectivity index (χ0n) is 12.7. The predicted molar refractivity (Wildman–Crippen MR) is 76.7 cm³/mol. The molecule has 1 heterocycles. The fourth-order valence-corrected chi connectivity index (χ4v) is 2.70. The Morgan fingerprint density at radius 1 is 1.30 bits per heavy atom. The Bertz CT molecular complexity index is 505. The topological polar surface area (TPSA) is 44.8 Å². The minimum absolute atomic E-state index is 0.0930. The van der Waals surface area contributed by atoms with E-state index in [4.69, 9.17) is 14.2 Å². The maximum Gasteiger partial charge on any atom is 0.153 e. The summed E-state index contributed by atoms with van der Waals surface area (Å²) in [5.41, 5.74) is -0.115. The summed E-state index contributed by atoms with van der Waals surface area (Å²) < 4.78 is 17.2. The first kappa shape index (κ1) is 14.9. The number of carbonyl (C=O) groups excluding carboxylic acids is 1. The summed E-state index contributed by atoms with van der Waals surface area (Å²) in [4.78, 5) is 11.2. The molecule has 2 rings (SSSR count). The number of methoxy groups -OCH3 is 1. The van der Waals surface area contributed by atoms with Crippen LogP contribution < -0.4 is 9.47 Å². The van der Waals surface area contributed by atoms with Gasteiger partial charge in [0.05, 0.1) is 18.3 Å². The molecule has 4 nitrogen and oxygen atoms in total. The van der Waals surface area contributed by atoms with Crippen LogP contribution in [0.4, 0.5) is 0 Å². The van der Waals surface area contributed by atoms with Crippen molar-refractivity contribution >= 4 is 6.29 Å². The van der Waals surface area contributed by atoms with E-state index in [9.17, 15) is 4.79 Å². The van der Waals surface area contributed by atoms with E-state index >= 15 is 0 Å². The number of ether oxygens (including phenoxy) is 3. The highest BCUT2D eigenvalue weighted by atomic mass is 16.6.